The van der Waals surface area contributed by atoms with Crippen LogP contribution in [0.1, 0.15) is 25.3 Å². The van der Waals surface area contributed by atoms with Crippen LogP contribution in [0.15, 0.2) is 22.7 Å². The molecular formula is C11H13BrF. The van der Waals surface area contributed by atoms with Gasteiger partial charge < -0.3 is 0 Å². The molecule has 0 spiro atoms. The SMILES string of the molecule is C[CH]CCCc1c(F)cccc1Br. The average Bonchev–Trinajstić information content (AvgIpc) is 2.10. The van der Waals surface area contributed by atoms with E-state index in [9.17, 15) is 4.39 Å². The van der Waals surface area contributed by atoms with Crippen LogP contribution in [0.2, 0.25) is 0 Å². The summed E-state index contributed by atoms with van der Waals surface area (Å²) in [7, 11) is 0. The molecule has 0 aliphatic carbocycles. The second kappa shape index (κ2) is 5.38. The number of rotatable bonds is 4. The van der Waals surface area contributed by atoms with Crippen molar-refractivity contribution in [3.63, 3.8) is 0 Å². The molecule has 0 bridgehead atoms. The molecule has 0 nitrogen and oxygen atoms in total. The molecule has 0 heterocycles. The highest BCUT2D eigenvalue weighted by atomic mass is 79.9. The zero-order valence-corrected chi connectivity index (χ0v) is 9.27. The predicted octanol–water partition coefficient (Wildman–Crippen LogP) is 4.14. The molecular weight excluding hydrogens is 231 g/mol. The maximum atomic E-state index is 13.2. The standard InChI is InChI=1S/C11H13BrF/c1-2-3-4-6-9-10(12)7-5-8-11(9)13/h2,5,7-8H,3-4,6H2,1H3. The Morgan fingerprint density at radius 1 is 1.46 bits per heavy atom. The lowest BCUT2D eigenvalue weighted by atomic mass is 10.1. The van der Waals surface area contributed by atoms with E-state index in [-0.39, 0.29) is 5.82 Å². The lowest BCUT2D eigenvalue weighted by molar-refractivity contribution is 0.602. The van der Waals surface area contributed by atoms with E-state index in [1.54, 1.807) is 6.07 Å². The fraction of sp³-hybridized carbons (Fsp3) is 0.364. The van der Waals surface area contributed by atoms with Crippen molar-refractivity contribution in [3.05, 3.63) is 40.5 Å². The van der Waals surface area contributed by atoms with Crippen LogP contribution in [-0.4, -0.2) is 0 Å². The van der Waals surface area contributed by atoms with Crippen molar-refractivity contribution >= 4 is 15.9 Å². The lowest BCUT2D eigenvalue weighted by Crippen LogP contribution is -1.92. The van der Waals surface area contributed by atoms with Gasteiger partial charge in [-0.25, -0.2) is 4.39 Å². The molecule has 0 fully saturated rings. The second-order valence-electron chi connectivity index (χ2n) is 3.00. The highest BCUT2D eigenvalue weighted by Gasteiger charge is 2.04. The van der Waals surface area contributed by atoms with Gasteiger partial charge in [-0.05, 0) is 31.4 Å². The normalized spacial score (nSPS) is 10.4. The first-order chi connectivity index (χ1) is 6.25. The largest absolute Gasteiger partial charge is 0.207 e. The molecule has 0 atom stereocenters. The number of halogens is 2. The van der Waals surface area contributed by atoms with E-state index in [2.05, 4.69) is 22.4 Å². The fourth-order valence-electron chi connectivity index (χ4n) is 1.25. The van der Waals surface area contributed by atoms with Gasteiger partial charge in [0.05, 0.1) is 0 Å². The Hall–Kier alpha value is -0.370. The van der Waals surface area contributed by atoms with Crippen LogP contribution in [0, 0.1) is 12.2 Å². The third-order valence-corrected chi connectivity index (χ3v) is 2.72. The molecule has 0 aromatic heterocycles. The smallest absolute Gasteiger partial charge is 0.127 e. The van der Waals surface area contributed by atoms with E-state index in [0.717, 1.165) is 29.3 Å². The number of unbranched alkanes of at least 4 members (excludes halogenated alkanes) is 2. The highest BCUT2D eigenvalue weighted by Crippen LogP contribution is 2.21. The third kappa shape index (κ3) is 3.11. The minimum atomic E-state index is -0.106. The topological polar surface area (TPSA) is 0 Å². The van der Waals surface area contributed by atoms with Gasteiger partial charge in [-0.3, -0.25) is 0 Å². The van der Waals surface area contributed by atoms with Crippen LogP contribution < -0.4 is 0 Å². The Labute approximate surface area is 87.3 Å². The van der Waals surface area contributed by atoms with Crippen molar-refractivity contribution in [2.24, 2.45) is 0 Å². The number of hydrogen-bond donors (Lipinski definition) is 0. The number of benzene rings is 1. The van der Waals surface area contributed by atoms with Gasteiger partial charge in [0.15, 0.2) is 0 Å². The fourth-order valence-corrected chi connectivity index (χ4v) is 1.79. The molecule has 0 saturated carbocycles. The molecule has 13 heavy (non-hydrogen) atoms. The zero-order chi connectivity index (χ0) is 9.68. The maximum Gasteiger partial charge on any atom is 0.127 e. The van der Waals surface area contributed by atoms with Crippen molar-refractivity contribution < 1.29 is 4.39 Å². The molecule has 1 rings (SSSR count). The van der Waals surface area contributed by atoms with Crippen molar-refractivity contribution in [3.8, 4) is 0 Å². The van der Waals surface area contributed by atoms with Gasteiger partial charge in [0.25, 0.3) is 0 Å². The van der Waals surface area contributed by atoms with Gasteiger partial charge in [0.2, 0.25) is 0 Å². The van der Waals surface area contributed by atoms with Crippen LogP contribution in [0.4, 0.5) is 4.39 Å². The Morgan fingerprint density at radius 3 is 2.85 bits per heavy atom. The first-order valence-corrected chi connectivity index (χ1v) is 5.25. The molecule has 0 aliphatic heterocycles. The monoisotopic (exact) mass is 243 g/mol. The molecule has 0 aliphatic rings. The second-order valence-corrected chi connectivity index (χ2v) is 3.86. The molecule has 1 radical (unpaired) electrons. The van der Waals surface area contributed by atoms with E-state index >= 15 is 0 Å². The summed E-state index contributed by atoms with van der Waals surface area (Å²) in [4.78, 5) is 0. The third-order valence-electron chi connectivity index (χ3n) is 1.98. The Balaban J connectivity index is 2.64. The van der Waals surface area contributed by atoms with Crippen molar-refractivity contribution in [1.29, 1.82) is 0 Å². The van der Waals surface area contributed by atoms with Crippen LogP contribution in [0.25, 0.3) is 0 Å². The van der Waals surface area contributed by atoms with E-state index in [0.29, 0.717) is 0 Å². The van der Waals surface area contributed by atoms with Gasteiger partial charge in [-0.1, -0.05) is 35.3 Å². The molecule has 1 aromatic rings. The molecule has 0 saturated heterocycles. The lowest BCUT2D eigenvalue weighted by Gasteiger charge is -2.04. The summed E-state index contributed by atoms with van der Waals surface area (Å²) in [5.74, 6) is -0.106. The van der Waals surface area contributed by atoms with Gasteiger partial charge in [-0.15, -0.1) is 0 Å². The van der Waals surface area contributed by atoms with E-state index in [1.165, 1.54) is 6.07 Å². The molecule has 2 heteroatoms. The minimum absolute atomic E-state index is 0.106. The molecule has 0 amide bonds. The first-order valence-electron chi connectivity index (χ1n) is 4.46. The molecule has 0 N–H and O–H groups in total. The summed E-state index contributed by atoms with van der Waals surface area (Å²) in [6, 6.07) is 5.11. The van der Waals surface area contributed by atoms with Gasteiger partial charge >= 0.3 is 0 Å². The Morgan fingerprint density at radius 2 is 2.23 bits per heavy atom. The molecule has 0 unspecified atom stereocenters. The van der Waals surface area contributed by atoms with E-state index in [4.69, 9.17) is 0 Å². The van der Waals surface area contributed by atoms with E-state index < -0.39 is 0 Å². The summed E-state index contributed by atoms with van der Waals surface area (Å²) < 4.78 is 14.1. The zero-order valence-electron chi connectivity index (χ0n) is 7.69. The maximum absolute atomic E-state index is 13.2. The molecule has 71 valence electrons. The Kier molecular flexibility index (Phi) is 4.43. The highest BCUT2D eigenvalue weighted by molar-refractivity contribution is 9.10. The van der Waals surface area contributed by atoms with Crippen molar-refractivity contribution in [1.82, 2.24) is 0 Å². The van der Waals surface area contributed by atoms with Crippen molar-refractivity contribution in [2.75, 3.05) is 0 Å². The van der Waals surface area contributed by atoms with Crippen LogP contribution in [0.5, 0.6) is 0 Å². The number of hydrogen-bond acceptors (Lipinski definition) is 0. The van der Waals surface area contributed by atoms with Gasteiger partial charge in [0.1, 0.15) is 5.82 Å². The first kappa shape index (κ1) is 10.7. The van der Waals surface area contributed by atoms with E-state index in [1.807, 2.05) is 13.0 Å². The molecule has 1 aromatic carbocycles. The van der Waals surface area contributed by atoms with Crippen LogP contribution >= 0.6 is 15.9 Å². The van der Waals surface area contributed by atoms with Gasteiger partial charge in [0, 0.05) is 10.0 Å². The summed E-state index contributed by atoms with van der Waals surface area (Å²) in [5.41, 5.74) is 0.796. The van der Waals surface area contributed by atoms with Crippen LogP contribution in [-0.2, 0) is 6.42 Å². The summed E-state index contributed by atoms with van der Waals surface area (Å²) in [6.07, 6.45) is 4.96. The quantitative estimate of drug-likeness (QED) is 0.698. The summed E-state index contributed by atoms with van der Waals surface area (Å²) in [5, 5.41) is 0. The van der Waals surface area contributed by atoms with Crippen LogP contribution in [0.3, 0.4) is 0 Å². The average molecular weight is 244 g/mol. The van der Waals surface area contributed by atoms with Gasteiger partial charge in [-0.2, -0.15) is 0 Å². The minimum Gasteiger partial charge on any atom is -0.207 e. The predicted molar refractivity (Wildman–Crippen MR) is 57.0 cm³/mol. The summed E-state index contributed by atoms with van der Waals surface area (Å²) >= 11 is 3.35. The summed E-state index contributed by atoms with van der Waals surface area (Å²) in [6.45, 7) is 2.02. The Bertz CT molecular complexity index is 251. The van der Waals surface area contributed by atoms with Crippen molar-refractivity contribution in [2.45, 2.75) is 26.2 Å².